The van der Waals surface area contributed by atoms with Crippen LogP contribution in [0, 0.1) is 20.8 Å². The Labute approximate surface area is 98.0 Å². The molecule has 1 aromatic carbocycles. The van der Waals surface area contributed by atoms with Gasteiger partial charge in [0.2, 0.25) is 0 Å². The molecule has 16 heavy (non-hydrogen) atoms. The monoisotopic (exact) mass is 219 g/mol. The van der Waals surface area contributed by atoms with E-state index >= 15 is 0 Å². The number of nitrogens with one attached hydrogen (secondary N) is 1. The molecule has 1 aliphatic rings. The average Bonchev–Trinajstić information content (AvgIpc) is 3.05. The quantitative estimate of drug-likeness (QED) is 0.840. The van der Waals surface area contributed by atoms with Crippen molar-refractivity contribution in [2.45, 2.75) is 46.2 Å². The fourth-order valence-electron chi connectivity index (χ4n) is 2.13. The van der Waals surface area contributed by atoms with Gasteiger partial charge in [0.25, 0.3) is 0 Å². The molecule has 0 aromatic heterocycles. The van der Waals surface area contributed by atoms with Gasteiger partial charge in [0.1, 0.15) is 5.75 Å². The maximum Gasteiger partial charge on any atom is 0.126 e. The molecule has 1 aliphatic carbocycles. The summed E-state index contributed by atoms with van der Waals surface area (Å²) in [5.74, 6) is 1.06. The van der Waals surface area contributed by atoms with Gasteiger partial charge in [0, 0.05) is 18.2 Å². The fraction of sp³-hybridized carbons (Fsp3) is 0.571. The summed E-state index contributed by atoms with van der Waals surface area (Å²) in [4.78, 5) is 0. The highest BCUT2D eigenvalue weighted by Gasteiger charge is 2.21. The summed E-state index contributed by atoms with van der Waals surface area (Å²) >= 11 is 0. The van der Waals surface area contributed by atoms with Crippen LogP contribution in [0.4, 0.5) is 0 Å². The van der Waals surface area contributed by atoms with Crippen LogP contribution in [0.5, 0.6) is 5.75 Å². The minimum atomic E-state index is 0.741. The number of hydrogen-bond donors (Lipinski definition) is 1. The molecule has 0 amide bonds. The van der Waals surface area contributed by atoms with E-state index in [4.69, 9.17) is 4.74 Å². The van der Waals surface area contributed by atoms with Crippen molar-refractivity contribution in [1.29, 1.82) is 0 Å². The Morgan fingerprint density at radius 1 is 1.25 bits per heavy atom. The SMILES string of the molecule is COc1c(C)c(C)cc(C)c1CNC1CC1. The molecule has 0 atom stereocenters. The third-order valence-corrected chi connectivity index (χ3v) is 3.46. The van der Waals surface area contributed by atoms with Gasteiger partial charge in [0.15, 0.2) is 0 Å². The molecule has 0 aliphatic heterocycles. The first-order valence-electron chi connectivity index (χ1n) is 6.00. The molecule has 0 radical (unpaired) electrons. The van der Waals surface area contributed by atoms with Crippen LogP contribution < -0.4 is 10.1 Å². The second-order valence-corrected chi connectivity index (χ2v) is 4.80. The summed E-state index contributed by atoms with van der Waals surface area (Å²) in [6.07, 6.45) is 2.65. The first-order valence-corrected chi connectivity index (χ1v) is 6.00. The minimum absolute atomic E-state index is 0.741. The summed E-state index contributed by atoms with van der Waals surface area (Å²) in [6, 6.07) is 2.99. The molecule has 2 nitrogen and oxygen atoms in total. The van der Waals surface area contributed by atoms with Crippen LogP contribution in [-0.4, -0.2) is 13.2 Å². The van der Waals surface area contributed by atoms with Crippen LogP contribution in [0.15, 0.2) is 6.07 Å². The van der Waals surface area contributed by atoms with Gasteiger partial charge in [-0.25, -0.2) is 0 Å². The molecule has 0 bridgehead atoms. The van der Waals surface area contributed by atoms with Gasteiger partial charge >= 0.3 is 0 Å². The normalized spacial score (nSPS) is 15.2. The highest BCUT2D eigenvalue weighted by molar-refractivity contribution is 5.49. The minimum Gasteiger partial charge on any atom is -0.496 e. The van der Waals surface area contributed by atoms with E-state index in [9.17, 15) is 0 Å². The number of ether oxygens (including phenoxy) is 1. The maximum absolute atomic E-state index is 5.55. The van der Waals surface area contributed by atoms with Crippen molar-refractivity contribution in [1.82, 2.24) is 5.32 Å². The van der Waals surface area contributed by atoms with Crippen molar-refractivity contribution >= 4 is 0 Å². The number of aryl methyl sites for hydroxylation is 2. The second-order valence-electron chi connectivity index (χ2n) is 4.80. The van der Waals surface area contributed by atoms with E-state index in [2.05, 4.69) is 32.2 Å². The third kappa shape index (κ3) is 2.22. The Morgan fingerprint density at radius 2 is 1.94 bits per heavy atom. The van der Waals surface area contributed by atoms with Gasteiger partial charge in [-0.3, -0.25) is 0 Å². The first kappa shape index (κ1) is 11.5. The van der Waals surface area contributed by atoms with Crippen molar-refractivity contribution in [2.24, 2.45) is 0 Å². The summed E-state index contributed by atoms with van der Waals surface area (Å²) in [7, 11) is 1.77. The van der Waals surface area contributed by atoms with Gasteiger partial charge in [0.05, 0.1) is 7.11 Å². The Hall–Kier alpha value is -1.02. The lowest BCUT2D eigenvalue weighted by atomic mass is 9.99. The molecule has 88 valence electrons. The largest absolute Gasteiger partial charge is 0.496 e. The van der Waals surface area contributed by atoms with Crippen molar-refractivity contribution in [3.05, 3.63) is 28.3 Å². The van der Waals surface area contributed by atoms with Crippen LogP contribution in [-0.2, 0) is 6.54 Å². The zero-order chi connectivity index (χ0) is 11.7. The smallest absolute Gasteiger partial charge is 0.126 e. The van der Waals surface area contributed by atoms with Crippen molar-refractivity contribution < 1.29 is 4.74 Å². The zero-order valence-electron chi connectivity index (χ0n) is 10.7. The van der Waals surface area contributed by atoms with Gasteiger partial charge < -0.3 is 10.1 Å². The van der Waals surface area contributed by atoms with Crippen molar-refractivity contribution in [3.8, 4) is 5.75 Å². The standard InChI is InChI=1S/C14H21NO/c1-9-7-10(2)13(8-15-12-5-6-12)14(16-4)11(9)3/h7,12,15H,5-6,8H2,1-4H3. The van der Waals surface area contributed by atoms with E-state index < -0.39 is 0 Å². The molecule has 1 N–H and O–H groups in total. The lowest BCUT2D eigenvalue weighted by Crippen LogP contribution is -2.17. The maximum atomic E-state index is 5.55. The highest BCUT2D eigenvalue weighted by atomic mass is 16.5. The van der Waals surface area contributed by atoms with Gasteiger partial charge in [-0.1, -0.05) is 6.07 Å². The first-order chi connectivity index (χ1) is 7.63. The molecule has 1 saturated carbocycles. The molecule has 1 aromatic rings. The molecule has 1 fully saturated rings. The summed E-state index contributed by atoms with van der Waals surface area (Å²) in [5, 5.41) is 3.56. The Kier molecular flexibility index (Phi) is 3.20. The van der Waals surface area contributed by atoms with Crippen LogP contribution in [0.1, 0.15) is 35.1 Å². The van der Waals surface area contributed by atoms with Gasteiger partial charge in [-0.05, 0) is 50.3 Å². The van der Waals surface area contributed by atoms with Crippen LogP contribution in [0.3, 0.4) is 0 Å². The van der Waals surface area contributed by atoms with Crippen molar-refractivity contribution in [3.63, 3.8) is 0 Å². The molecule has 2 heteroatoms. The van der Waals surface area contributed by atoms with Crippen molar-refractivity contribution in [2.75, 3.05) is 7.11 Å². The Morgan fingerprint density at radius 3 is 2.50 bits per heavy atom. The summed E-state index contributed by atoms with van der Waals surface area (Å²) < 4.78 is 5.55. The van der Waals surface area contributed by atoms with E-state index in [0.29, 0.717) is 0 Å². The number of hydrogen-bond acceptors (Lipinski definition) is 2. The summed E-state index contributed by atoms with van der Waals surface area (Å²) in [5.41, 5.74) is 5.22. The fourth-order valence-corrected chi connectivity index (χ4v) is 2.13. The van der Waals surface area contributed by atoms with E-state index in [1.54, 1.807) is 7.11 Å². The molecule has 0 unspecified atom stereocenters. The topological polar surface area (TPSA) is 21.3 Å². The lowest BCUT2D eigenvalue weighted by Gasteiger charge is -2.17. The van der Waals surface area contributed by atoms with E-state index in [1.807, 2.05) is 0 Å². The van der Waals surface area contributed by atoms with Crippen LogP contribution in [0.25, 0.3) is 0 Å². The van der Waals surface area contributed by atoms with E-state index in [1.165, 1.54) is 35.1 Å². The second kappa shape index (κ2) is 4.46. The highest BCUT2D eigenvalue weighted by Crippen LogP contribution is 2.30. The molecular formula is C14H21NO. The predicted octanol–water partition coefficient (Wildman–Crippen LogP) is 2.87. The van der Waals surface area contributed by atoms with Gasteiger partial charge in [-0.15, -0.1) is 0 Å². The molecular weight excluding hydrogens is 198 g/mol. The predicted molar refractivity (Wildman–Crippen MR) is 67.1 cm³/mol. The molecule has 0 saturated heterocycles. The Balaban J connectivity index is 2.28. The molecule has 0 spiro atoms. The molecule has 2 rings (SSSR count). The summed E-state index contributed by atoms with van der Waals surface area (Å²) in [6.45, 7) is 7.37. The van der Waals surface area contributed by atoms with Crippen LogP contribution in [0.2, 0.25) is 0 Å². The lowest BCUT2D eigenvalue weighted by molar-refractivity contribution is 0.403. The van der Waals surface area contributed by atoms with E-state index in [-0.39, 0.29) is 0 Å². The zero-order valence-corrected chi connectivity index (χ0v) is 10.7. The average molecular weight is 219 g/mol. The van der Waals surface area contributed by atoms with E-state index in [0.717, 1.165) is 18.3 Å². The number of rotatable bonds is 4. The van der Waals surface area contributed by atoms with Gasteiger partial charge in [-0.2, -0.15) is 0 Å². The van der Waals surface area contributed by atoms with Crippen LogP contribution >= 0.6 is 0 Å². The number of methoxy groups -OCH3 is 1. The third-order valence-electron chi connectivity index (χ3n) is 3.46. The molecule has 0 heterocycles. The number of benzene rings is 1. The Bertz CT molecular complexity index is 394.